The summed E-state index contributed by atoms with van der Waals surface area (Å²) in [4.78, 5) is 37.1. The summed E-state index contributed by atoms with van der Waals surface area (Å²) in [6, 6.07) is 4.02. The van der Waals surface area contributed by atoms with Crippen molar-refractivity contribution in [2.45, 2.75) is 32.2 Å². The summed E-state index contributed by atoms with van der Waals surface area (Å²) in [5.41, 5.74) is 0.104. The van der Waals surface area contributed by atoms with E-state index in [1.807, 2.05) is 4.90 Å². The molecule has 0 radical (unpaired) electrons. The van der Waals surface area contributed by atoms with Crippen molar-refractivity contribution in [3.63, 3.8) is 0 Å². The van der Waals surface area contributed by atoms with Gasteiger partial charge >= 0.3 is 5.69 Å². The lowest BCUT2D eigenvalue weighted by molar-refractivity contribution is -0.385. The molecule has 1 aliphatic heterocycles. The molecule has 8 heteroatoms. The van der Waals surface area contributed by atoms with E-state index in [1.165, 1.54) is 25.3 Å². The molecule has 8 nitrogen and oxygen atoms in total. The fraction of sp³-hybridized carbons (Fsp3) is 0.556. The first kappa shape index (κ1) is 18.2. The molecule has 1 saturated heterocycles. The van der Waals surface area contributed by atoms with Crippen molar-refractivity contribution in [2.75, 3.05) is 20.2 Å². The number of amides is 2. The summed E-state index contributed by atoms with van der Waals surface area (Å²) in [5, 5.41) is 13.8. The highest BCUT2D eigenvalue weighted by Gasteiger charge is 2.41. The summed E-state index contributed by atoms with van der Waals surface area (Å²) < 4.78 is 5.00. The number of benzene rings is 1. The van der Waals surface area contributed by atoms with E-state index < -0.39 is 4.92 Å². The Bertz CT molecular complexity index is 732. The van der Waals surface area contributed by atoms with E-state index >= 15 is 0 Å². The number of ether oxygens (including phenoxy) is 1. The van der Waals surface area contributed by atoms with Crippen molar-refractivity contribution in [1.82, 2.24) is 10.2 Å². The first-order valence-corrected chi connectivity index (χ1v) is 8.83. The Hall–Kier alpha value is -2.64. The second kappa shape index (κ2) is 7.31. The van der Waals surface area contributed by atoms with Crippen LogP contribution in [0.25, 0.3) is 0 Å². The van der Waals surface area contributed by atoms with Crippen LogP contribution in [-0.2, 0) is 4.79 Å². The van der Waals surface area contributed by atoms with Crippen molar-refractivity contribution in [3.05, 3.63) is 33.9 Å². The smallest absolute Gasteiger partial charge is 0.310 e. The van der Waals surface area contributed by atoms with E-state index in [9.17, 15) is 19.7 Å². The van der Waals surface area contributed by atoms with Gasteiger partial charge in [0.2, 0.25) is 5.91 Å². The highest BCUT2D eigenvalue weighted by molar-refractivity contribution is 5.95. The lowest BCUT2D eigenvalue weighted by atomic mass is 10.0. The lowest BCUT2D eigenvalue weighted by Gasteiger charge is -2.27. The van der Waals surface area contributed by atoms with E-state index in [4.69, 9.17) is 4.74 Å². The Morgan fingerprint density at radius 3 is 2.69 bits per heavy atom. The minimum atomic E-state index is -0.553. The van der Waals surface area contributed by atoms with Gasteiger partial charge in [0.15, 0.2) is 5.75 Å². The number of nitro groups is 1. The molecule has 1 aromatic rings. The van der Waals surface area contributed by atoms with Crippen molar-refractivity contribution in [1.29, 1.82) is 0 Å². The van der Waals surface area contributed by atoms with Crippen LogP contribution < -0.4 is 10.1 Å². The molecule has 0 bridgehead atoms. The molecule has 3 rings (SSSR count). The maximum Gasteiger partial charge on any atom is 0.310 e. The highest BCUT2D eigenvalue weighted by atomic mass is 16.6. The van der Waals surface area contributed by atoms with Gasteiger partial charge in [-0.2, -0.15) is 0 Å². The molecule has 140 valence electrons. The SMILES string of the molecule is COc1cc(C(=O)NCC2C(C)CCN2C(=O)C2CC2)ccc1[N+](=O)[O-]. The van der Waals surface area contributed by atoms with Gasteiger partial charge in [-0.3, -0.25) is 19.7 Å². The minimum absolute atomic E-state index is 0.00741. The Morgan fingerprint density at radius 1 is 1.35 bits per heavy atom. The average Bonchev–Trinajstić information content (AvgIpc) is 3.42. The summed E-state index contributed by atoms with van der Waals surface area (Å²) in [6.45, 7) is 3.20. The fourth-order valence-corrected chi connectivity index (χ4v) is 3.43. The van der Waals surface area contributed by atoms with E-state index in [0.717, 1.165) is 25.8 Å². The Balaban J connectivity index is 1.66. The molecule has 1 heterocycles. The average molecular weight is 361 g/mol. The van der Waals surface area contributed by atoms with Gasteiger partial charge in [-0.05, 0) is 31.2 Å². The molecule has 0 aromatic heterocycles. The van der Waals surface area contributed by atoms with E-state index in [2.05, 4.69) is 12.2 Å². The molecule has 2 aliphatic rings. The molecule has 2 fully saturated rings. The van der Waals surface area contributed by atoms with Crippen LogP contribution in [0.1, 0.15) is 36.5 Å². The van der Waals surface area contributed by atoms with Gasteiger partial charge in [0.1, 0.15) is 0 Å². The van der Waals surface area contributed by atoms with Crippen molar-refractivity contribution in [2.24, 2.45) is 11.8 Å². The largest absolute Gasteiger partial charge is 0.490 e. The topological polar surface area (TPSA) is 102 Å². The van der Waals surface area contributed by atoms with Crippen LogP contribution in [0.15, 0.2) is 18.2 Å². The molecular formula is C18H23N3O5. The number of nitro benzene ring substituents is 1. The maximum absolute atomic E-state index is 12.4. The number of nitrogens with zero attached hydrogens (tertiary/aromatic N) is 2. The third kappa shape index (κ3) is 3.63. The van der Waals surface area contributed by atoms with Crippen LogP contribution in [0.3, 0.4) is 0 Å². The second-order valence-corrected chi connectivity index (χ2v) is 6.99. The number of nitrogens with one attached hydrogen (secondary N) is 1. The molecule has 2 atom stereocenters. The van der Waals surface area contributed by atoms with Crippen LogP contribution in [0, 0.1) is 22.0 Å². The zero-order valence-corrected chi connectivity index (χ0v) is 14.9. The van der Waals surface area contributed by atoms with Crippen LogP contribution in [0.5, 0.6) is 5.75 Å². The molecule has 1 saturated carbocycles. The number of rotatable bonds is 6. The molecule has 1 aromatic carbocycles. The van der Waals surface area contributed by atoms with Gasteiger partial charge in [-0.25, -0.2) is 0 Å². The van der Waals surface area contributed by atoms with Crippen LogP contribution >= 0.6 is 0 Å². The zero-order chi connectivity index (χ0) is 18.8. The van der Waals surface area contributed by atoms with Crippen LogP contribution in [-0.4, -0.2) is 47.9 Å². The highest BCUT2D eigenvalue weighted by Crippen LogP contribution is 2.35. The first-order valence-electron chi connectivity index (χ1n) is 8.83. The summed E-state index contributed by atoms with van der Waals surface area (Å²) in [6.07, 6.45) is 2.86. The van der Waals surface area contributed by atoms with E-state index in [0.29, 0.717) is 12.5 Å². The monoisotopic (exact) mass is 361 g/mol. The summed E-state index contributed by atoms with van der Waals surface area (Å²) >= 11 is 0. The number of hydrogen-bond acceptors (Lipinski definition) is 5. The first-order chi connectivity index (χ1) is 12.4. The van der Waals surface area contributed by atoms with Crippen molar-refractivity contribution < 1.29 is 19.2 Å². The molecule has 1 aliphatic carbocycles. The van der Waals surface area contributed by atoms with Gasteiger partial charge in [-0.15, -0.1) is 0 Å². The number of methoxy groups -OCH3 is 1. The van der Waals surface area contributed by atoms with Crippen LogP contribution in [0.4, 0.5) is 5.69 Å². The third-order valence-corrected chi connectivity index (χ3v) is 5.20. The Kier molecular flexibility index (Phi) is 5.11. The number of hydrogen-bond donors (Lipinski definition) is 1. The second-order valence-electron chi connectivity index (χ2n) is 6.99. The van der Waals surface area contributed by atoms with Crippen LogP contribution in [0.2, 0.25) is 0 Å². The molecule has 1 N–H and O–H groups in total. The third-order valence-electron chi connectivity index (χ3n) is 5.20. The van der Waals surface area contributed by atoms with E-state index in [1.54, 1.807) is 0 Å². The van der Waals surface area contributed by atoms with Crippen molar-refractivity contribution in [3.8, 4) is 5.75 Å². The van der Waals surface area contributed by atoms with Gasteiger partial charge in [0, 0.05) is 36.7 Å². The lowest BCUT2D eigenvalue weighted by Crippen LogP contribution is -2.45. The normalized spacial score (nSPS) is 22.2. The molecular weight excluding hydrogens is 338 g/mol. The van der Waals surface area contributed by atoms with Gasteiger partial charge < -0.3 is 15.0 Å². The van der Waals surface area contributed by atoms with Crippen molar-refractivity contribution >= 4 is 17.5 Å². The van der Waals surface area contributed by atoms with Gasteiger partial charge in [0.05, 0.1) is 18.1 Å². The zero-order valence-electron chi connectivity index (χ0n) is 14.9. The number of carbonyl (C=O) groups is 2. The fourth-order valence-electron chi connectivity index (χ4n) is 3.43. The van der Waals surface area contributed by atoms with Gasteiger partial charge in [0.25, 0.3) is 5.91 Å². The molecule has 2 amide bonds. The molecule has 0 spiro atoms. The summed E-state index contributed by atoms with van der Waals surface area (Å²) in [5.74, 6) is 0.394. The minimum Gasteiger partial charge on any atom is -0.490 e. The predicted molar refractivity (Wildman–Crippen MR) is 94.0 cm³/mol. The maximum atomic E-state index is 12.4. The van der Waals surface area contributed by atoms with E-state index in [-0.39, 0.29) is 40.8 Å². The van der Waals surface area contributed by atoms with Gasteiger partial charge in [-0.1, -0.05) is 6.92 Å². The predicted octanol–water partition coefficient (Wildman–Crippen LogP) is 1.98. The number of carbonyl (C=O) groups excluding carboxylic acids is 2. The summed E-state index contributed by atoms with van der Waals surface area (Å²) in [7, 11) is 1.32. The quantitative estimate of drug-likeness (QED) is 0.617. The molecule has 26 heavy (non-hydrogen) atoms. The Labute approximate surface area is 151 Å². The standard InChI is InChI=1S/C18H23N3O5/c1-11-7-8-20(18(23)12-3-4-12)15(11)10-19-17(22)13-5-6-14(21(24)25)16(9-13)26-2/h5-6,9,11-12,15H,3-4,7-8,10H2,1-2H3,(H,19,22). The Morgan fingerprint density at radius 2 is 2.08 bits per heavy atom. The number of likely N-dealkylation sites (tertiary alicyclic amines) is 1. The molecule has 2 unspecified atom stereocenters.